The first-order valence-electron chi connectivity index (χ1n) is 6.50. The normalized spacial score (nSPS) is 17.1. The fourth-order valence-electron chi connectivity index (χ4n) is 1.81. The van der Waals surface area contributed by atoms with Gasteiger partial charge in [0.2, 0.25) is 0 Å². The Balaban J connectivity index is 1.70. The zero-order chi connectivity index (χ0) is 14.6. The molecular weight excluding hydrogens is 289 g/mol. The molecule has 0 radical (unpaired) electrons. The summed E-state index contributed by atoms with van der Waals surface area (Å²) in [6.45, 7) is 1.17. The summed E-state index contributed by atoms with van der Waals surface area (Å²) in [5.74, 6) is 0.994. The molecule has 1 saturated carbocycles. The van der Waals surface area contributed by atoms with Crippen molar-refractivity contribution in [3.63, 3.8) is 0 Å². The lowest BCUT2D eigenvalue weighted by atomic mass is 9.86. The Hall–Kier alpha value is -1.31. The Kier molecular flexibility index (Phi) is 4.85. The molecule has 1 heterocycles. The summed E-state index contributed by atoms with van der Waals surface area (Å²) in [7, 11) is 0. The van der Waals surface area contributed by atoms with Crippen molar-refractivity contribution in [1.29, 1.82) is 0 Å². The molecule has 0 aromatic carbocycles. The van der Waals surface area contributed by atoms with E-state index in [1.807, 2.05) is 0 Å². The Bertz CT molecular complexity index is 466. The summed E-state index contributed by atoms with van der Waals surface area (Å²) in [4.78, 5) is 7.76. The quantitative estimate of drug-likeness (QED) is 0.648. The van der Waals surface area contributed by atoms with E-state index in [-0.39, 0.29) is 0 Å². The van der Waals surface area contributed by atoms with Crippen LogP contribution in [0.1, 0.15) is 30.0 Å². The molecule has 0 saturated heterocycles. The van der Waals surface area contributed by atoms with Crippen LogP contribution in [0.2, 0.25) is 0 Å². The highest BCUT2D eigenvalue weighted by atomic mass is 32.1. The van der Waals surface area contributed by atoms with Gasteiger partial charge in [0.15, 0.2) is 11.7 Å². The summed E-state index contributed by atoms with van der Waals surface area (Å²) in [5, 5.41) is 4.37. The number of guanidine groups is 1. The fraction of sp³-hybridized carbons (Fsp3) is 0.667. The molecule has 112 valence electrons. The second-order valence-corrected chi connectivity index (χ2v) is 5.77. The van der Waals surface area contributed by atoms with Crippen LogP contribution in [0.15, 0.2) is 10.4 Å². The fourth-order valence-corrected chi connectivity index (χ4v) is 2.62. The molecule has 3 N–H and O–H groups in total. The summed E-state index contributed by atoms with van der Waals surface area (Å²) in [6, 6.07) is 0. The lowest BCUT2D eigenvalue weighted by molar-refractivity contribution is -0.140. The Labute approximate surface area is 119 Å². The zero-order valence-electron chi connectivity index (χ0n) is 10.9. The van der Waals surface area contributed by atoms with E-state index in [4.69, 9.17) is 5.73 Å². The van der Waals surface area contributed by atoms with E-state index in [1.165, 1.54) is 19.3 Å². The van der Waals surface area contributed by atoms with E-state index in [1.54, 1.807) is 0 Å². The predicted molar refractivity (Wildman–Crippen MR) is 72.7 cm³/mol. The minimum Gasteiger partial charge on any atom is -0.370 e. The molecule has 1 aromatic rings. The number of nitrogens with zero attached hydrogens (tertiary/aromatic N) is 2. The van der Waals surface area contributed by atoms with Gasteiger partial charge in [-0.3, -0.25) is 4.99 Å². The molecule has 0 spiro atoms. The number of hydrogen-bond donors (Lipinski definition) is 2. The van der Waals surface area contributed by atoms with Crippen LogP contribution in [0.4, 0.5) is 13.2 Å². The molecule has 0 amide bonds. The summed E-state index contributed by atoms with van der Waals surface area (Å²) in [6.07, 6.45) is -0.294. The minimum absolute atomic E-state index is 0.351. The maximum atomic E-state index is 12.4. The van der Waals surface area contributed by atoms with Crippen molar-refractivity contribution in [2.75, 3.05) is 13.1 Å². The van der Waals surface area contributed by atoms with Crippen molar-refractivity contribution in [3.8, 4) is 0 Å². The standard InChI is InChI=1S/C12H17F3N4S/c13-12(14,15)9-7-20-10(19-9)4-5-17-11(16)18-6-8-2-1-3-8/h7-8H,1-6H2,(H3,16,17,18). The highest BCUT2D eigenvalue weighted by Crippen LogP contribution is 2.30. The van der Waals surface area contributed by atoms with Crippen molar-refractivity contribution >= 4 is 17.3 Å². The highest BCUT2D eigenvalue weighted by molar-refractivity contribution is 7.09. The van der Waals surface area contributed by atoms with Gasteiger partial charge in [0, 0.05) is 24.9 Å². The van der Waals surface area contributed by atoms with Crippen molar-refractivity contribution in [3.05, 3.63) is 16.1 Å². The number of nitrogens with two attached hydrogens (primary N) is 1. The van der Waals surface area contributed by atoms with E-state index >= 15 is 0 Å². The molecule has 0 atom stereocenters. The molecule has 0 unspecified atom stereocenters. The number of halogens is 3. The van der Waals surface area contributed by atoms with Gasteiger partial charge < -0.3 is 11.1 Å². The van der Waals surface area contributed by atoms with E-state index in [9.17, 15) is 13.2 Å². The third kappa shape index (κ3) is 4.36. The third-order valence-corrected chi connectivity index (χ3v) is 4.14. The van der Waals surface area contributed by atoms with Gasteiger partial charge in [-0.15, -0.1) is 11.3 Å². The molecule has 1 fully saturated rings. The second-order valence-electron chi connectivity index (χ2n) is 4.82. The third-order valence-electron chi connectivity index (χ3n) is 3.23. The van der Waals surface area contributed by atoms with Crippen LogP contribution < -0.4 is 11.1 Å². The van der Waals surface area contributed by atoms with Gasteiger partial charge in [0.1, 0.15) is 0 Å². The number of rotatable bonds is 5. The molecule has 20 heavy (non-hydrogen) atoms. The average Bonchev–Trinajstić information content (AvgIpc) is 2.75. The number of aromatic nitrogens is 1. The van der Waals surface area contributed by atoms with Crippen molar-refractivity contribution < 1.29 is 13.2 Å². The maximum absolute atomic E-state index is 12.4. The molecule has 0 aliphatic heterocycles. The van der Waals surface area contributed by atoms with Gasteiger partial charge in [-0.05, 0) is 18.8 Å². The average molecular weight is 306 g/mol. The molecular formula is C12H17F3N4S. The number of aliphatic imine (C=N–C) groups is 1. The van der Waals surface area contributed by atoms with Gasteiger partial charge in [-0.25, -0.2) is 4.98 Å². The zero-order valence-corrected chi connectivity index (χ0v) is 11.7. The van der Waals surface area contributed by atoms with Crippen molar-refractivity contribution in [1.82, 2.24) is 10.3 Å². The van der Waals surface area contributed by atoms with Gasteiger partial charge in [0.05, 0.1) is 5.01 Å². The smallest absolute Gasteiger partial charge is 0.370 e. The SMILES string of the molecule is NC(=NCC1CCC1)NCCc1nc(C(F)(F)F)cs1. The first-order valence-corrected chi connectivity index (χ1v) is 7.38. The molecule has 0 bridgehead atoms. The van der Waals surface area contributed by atoms with E-state index in [0.717, 1.165) is 23.3 Å². The Morgan fingerprint density at radius 3 is 2.80 bits per heavy atom. The topological polar surface area (TPSA) is 63.3 Å². The monoisotopic (exact) mass is 306 g/mol. The number of hydrogen-bond acceptors (Lipinski definition) is 3. The van der Waals surface area contributed by atoms with Crippen LogP contribution in [0.25, 0.3) is 0 Å². The highest BCUT2D eigenvalue weighted by Gasteiger charge is 2.33. The lowest BCUT2D eigenvalue weighted by Gasteiger charge is -2.23. The molecule has 1 aromatic heterocycles. The Morgan fingerprint density at radius 2 is 2.25 bits per heavy atom. The van der Waals surface area contributed by atoms with E-state index in [2.05, 4.69) is 15.3 Å². The van der Waals surface area contributed by atoms with Crippen LogP contribution in [-0.4, -0.2) is 24.0 Å². The lowest BCUT2D eigenvalue weighted by Crippen LogP contribution is -2.34. The van der Waals surface area contributed by atoms with Gasteiger partial charge >= 0.3 is 6.18 Å². The van der Waals surface area contributed by atoms with E-state index < -0.39 is 11.9 Å². The number of thiazole rings is 1. The predicted octanol–water partition coefficient (Wildman–Crippen LogP) is 2.41. The minimum atomic E-state index is -4.37. The van der Waals surface area contributed by atoms with Crippen molar-refractivity contribution in [2.45, 2.75) is 31.9 Å². The molecule has 1 aliphatic rings. The maximum Gasteiger partial charge on any atom is 0.434 e. The second kappa shape index (κ2) is 6.43. The first kappa shape index (κ1) is 15.1. The molecule has 1 aliphatic carbocycles. The molecule has 2 rings (SSSR count). The number of nitrogens with one attached hydrogen (secondary N) is 1. The number of alkyl halides is 3. The largest absolute Gasteiger partial charge is 0.434 e. The van der Waals surface area contributed by atoms with Crippen LogP contribution in [0.5, 0.6) is 0 Å². The van der Waals surface area contributed by atoms with Crippen LogP contribution in [0, 0.1) is 5.92 Å². The Morgan fingerprint density at radius 1 is 1.50 bits per heavy atom. The van der Waals surface area contributed by atoms with Crippen LogP contribution >= 0.6 is 11.3 Å². The van der Waals surface area contributed by atoms with Gasteiger partial charge in [0.25, 0.3) is 0 Å². The molecule has 8 heteroatoms. The van der Waals surface area contributed by atoms with Gasteiger partial charge in [-0.1, -0.05) is 6.42 Å². The molecule has 4 nitrogen and oxygen atoms in total. The van der Waals surface area contributed by atoms with E-state index in [0.29, 0.717) is 29.9 Å². The van der Waals surface area contributed by atoms with Crippen LogP contribution in [-0.2, 0) is 12.6 Å². The summed E-state index contributed by atoms with van der Waals surface area (Å²) < 4.78 is 37.1. The van der Waals surface area contributed by atoms with Gasteiger partial charge in [-0.2, -0.15) is 13.2 Å². The summed E-state index contributed by atoms with van der Waals surface area (Å²) in [5.41, 5.74) is 4.85. The van der Waals surface area contributed by atoms with Crippen LogP contribution in [0.3, 0.4) is 0 Å². The first-order chi connectivity index (χ1) is 9.45. The van der Waals surface area contributed by atoms with Crippen molar-refractivity contribution in [2.24, 2.45) is 16.6 Å². The summed E-state index contributed by atoms with van der Waals surface area (Å²) >= 11 is 1.01.